The molecule has 0 aliphatic carbocycles. The maximum Gasteiger partial charge on any atom is 0.418 e. The van der Waals surface area contributed by atoms with Gasteiger partial charge in [-0.25, -0.2) is 4.79 Å². The van der Waals surface area contributed by atoms with E-state index in [4.69, 9.17) is 4.74 Å². The van der Waals surface area contributed by atoms with Crippen molar-refractivity contribution < 1.29 is 9.53 Å². The monoisotopic (exact) mass is 231 g/mol. The maximum atomic E-state index is 11.8. The summed E-state index contributed by atoms with van der Waals surface area (Å²) >= 11 is 0. The Labute approximate surface area is 101 Å². The lowest BCUT2D eigenvalue weighted by Crippen LogP contribution is -2.13. The van der Waals surface area contributed by atoms with Crippen molar-refractivity contribution in [2.24, 2.45) is 0 Å². The molecule has 0 amide bonds. The lowest BCUT2D eigenvalue weighted by atomic mass is 10.2. The third kappa shape index (κ3) is 2.49. The summed E-state index contributed by atoms with van der Waals surface area (Å²) in [6.45, 7) is 4.57. The van der Waals surface area contributed by atoms with Crippen LogP contribution >= 0.6 is 0 Å². The number of rotatable bonds is 3. The van der Waals surface area contributed by atoms with Crippen molar-refractivity contribution in [3.63, 3.8) is 0 Å². The standard InChI is InChI=1S/C14H17NO2/c1-3-4-9-17-14(16)15-8-7-12-6-5-11(2)10-13(12)15/h5-8,10H,3-4,9H2,1-2H3. The molecular formula is C14H17NO2. The SMILES string of the molecule is CCCCOC(=O)n1ccc2ccc(C)cc21. The third-order valence-electron chi connectivity index (χ3n) is 2.77. The lowest BCUT2D eigenvalue weighted by molar-refractivity contribution is 0.147. The van der Waals surface area contributed by atoms with Crippen LogP contribution in [0.15, 0.2) is 30.5 Å². The Morgan fingerprint density at radius 3 is 2.94 bits per heavy atom. The first kappa shape index (κ1) is 11.7. The molecule has 0 bridgehead atoms. The number of nitrogens with zero attached hydrogens (tertiary/aromatic N) is 1. The van der Waals surface area contributed by atoms with Gasteiger partial charge in [0.15, 0.2) is 0 Å². The molecular weight excluding hydrogens is 214 g/mol. The molecule has 0 spiro atoms. The van der Waals surface area contributed by atoms with Crippen LogP contribution in [0.3, 0.4) is 0 Å². The molecule has 2 rings (SSSR count). The summed E-state index contributed by atoms with van der Waals surface area (Å²) in [5, 5.41) is 1.06. The highest BCUT2D eigenvalue weighted by molar-refractivity contribution is 5.89. The Morgan fingerprint density at radius 1 is 1.35 bits per heavy atom. The highest BCUT2D eigenvalue weighted by Crippen LogP contribution is 2.17. The average Bonchev–Trinajstić information content (AvgIpc) is 2.72. The molecule has 0 N–H and O–H groups in total. The van der Waals surface area contributed by atoms with Crippen molar-refractivity contribution in [1.82, 2.24) is 4.57 Å². The molecule has 17 heavy (non-hydrogen) atoms. The molecule has 90 valence electrons. The van der Waals surface area contributed by atoms with Crippen LogP contribution in [0.2, 0.25) is 0 Å². The van der Waals surface area contributed by atoms with Crippen molar-refractivity contribution >= 4 is 17.0 Å². The summed E-state index contributed by atoms with van der Waals surface area (Å²) in [7, 11) is 0. The summed E-state index contributed by atoms with van der Waals surface area (Å²) in [6.07, 6.45) is 3.40. The predicted molar refractivity (Wildman–Crippen MR) is 68.3 cm³/mol. The molecule has 3 heteroatoms. The quantitative estimate of drug-likeness (QED) is 0.753. The van der Waals surface area contributed by atoms with Gasteiger partial charge < -0.3 is 4.74 Å². The molecule has 1 aromatic heterocycles. The van der Waals surface area contributed by atoms with E-state index in [2.05, 4.69) is 6.92 Å². The van der Waals surface area contributed by atoms with Gasteiger partial charge in [0.25, 0.3) is 0 Å². The lowest BCUT2D eigenvalue weighted by Gasteiger charge is -2.06. The normalized spacial score (nSPS) is 10.7. The van der Waals surface area contributed by atoms with Crippen LogP contribution in [0.4, 0.5) is 4.79 Å². The molecule has 3 nitrogen and oxygen atoms in total. The highest BCUT2D eigenvalue weighted by Gasteiger charge is 2.09. The molecule has 1 heterocycles. The minimum atomic E-state index is -0.293. The third-order valence-corrected chi connectivity index (χ3v) is 2.77. The second-order valence-electron chi connectivity index (χ2n) is 4.22. The number of hydrogen-bond donors (Lipinski definition) is 0. The van der Waals surface area contributed by atoms with Gasteiger partial charge in [0.2, 0.25) is 0 Å². The summed E-state index contributed by atoms with van der Waals surface area (Å²) in [6, 6.07) is 7.97. The average molecular weight is 231 g/mol. The molecule has 1 aromatic carbocycles. The largest absolute Gasteiger partial charge is 0.449 e. The second-order valence-corrected chi connectivity index (χ2v) is 4.22. The van der Waals surface area contributed by atoms with Crippen LogP contribution in [-0.2, 0) is 4.74 Å². The zero-order chi connectivity index (χ0) is 12.3. The van der Waals surface area contributed by atoms with Crippen LogP contribution in [0.5, 0.6) is 0 Å². The molecule has 2 aromatic rings. The number of carbonyl (C=O) groups excluding carboxylic acids is 1. The smallest absolute Gasteiger partial charge is 0.418 e. The van der Waals surface area contributed by atoms with Gasteiger partial charge >= 0.3 is 6.09 Å². The van der Waals surface area contributed by atoms with E-state index in [0.717, 1.165) is 29.3 Å². The molecule has 0 saturated carbocycles. The van der Waals surface area contributed by atoms with Crippen LogP contribution in [0.25, 0.3) is 10.9 Å². The van der Waals surface area contributed by atoms with E-state index in [0.29, 0.717) is 6.61 Å². The van der Waals surface area contributed by atoms with Crippen molar-refractivity contribution in [3.05, 3.63) is 36.0 Å². The fourth-order valence-electron chi connectivity index (χ4n) is 1.77. The van der Waals surface area contributed by atoms with E-state index in [9.17, 15) is 4.79 Å². The van der Waals surface area contributed by atoms with Crippen LogP contribution < -0.4 is 0 Å². The Kier molecular flexibility index (Phi) is 3.47. The zero-order valence-corrected chi connectivity index (χ0v) is 10.3. The van der Waals surface area contributed by atoms with Crippen LogP contribution in [0, 0.1) is 6.92 Å². The van der Waals surface area contributed by atoms with Gasteiger partial charge in [0.05, 0.1) is 12.1 Å². The van der Waals surface area contributed by atoms with Gasteiger partial charge in [-0.1, -0.05) is 25.5 Å². The minimum absolute atomic E-state index is 0.293. The molecule has 0 saturated heterocycles. The molecule has 0 aliphatic rings. The Hall–Kier alpha value is -1.77. The van der Waals surface area contributed by atoms with Crippen LogP contribution in [0.1, 0.15) is 25.3 Å². The van der Waals surface area contributed by atoms with Crippen molar-refractivity contribution in [3.8, 4) is 0 Å². The van der Waals surface area contributed by atoms with E-state index in [1.807, 2.05) is 31.2 Å². The minimum Gasteiger partial charge on any atom is -0.449 e. The molecule has 0 atom stereocenters. The van der Waals surface area contributed by atoms with E-state index in [1.165, 1.54) is 0 Å². The number of benzene rings is 1. The van der Waals surface area contributed by atoms with E-state index in [-0.39, 0.29) is 6.09 Å². The first-order valence-electron chi connectivity index (χ1n) is 5.97. The van der Waals surface area contributed by atoms with Gasteiger partial charge in [0, 0.05) is 11.6 Å². The topological polar surface area (TPSA) is 31.2 Å². The number of aromatic nitrogens is 1. The summed E-state index contributed by atoms with van der Waals surface area (Å²) in [5.74, 6) is 0. The Balaban J connectivity index is 2.23. The van der Waals surface area contributed by atoms with Crippen molar-refractivity contribution in [1.29, 1.82) is 0 Å². The molecule has 0 aliphatic heterocycles. The van der Waals surface area contributed by atoms with Crippen LogP contribution in [-0.4, -0.2) is 17.3 Å². The molecule has 0 fully saturated rings. The van der Waals surface area contributed by atoms with E-state index < -0.39 is 0 Å². The van der Waals surface area contributed by atoms with Gasteiger partial charge in [0.1, 0.15) is 0 Å². The number of unbranched alkanes of at least 4 members (excludes halogenated alkanes) is 1. The first-order valence-corrected chi connectivity index (χ1v) is 5.97. The number of hydrogen-bond acceptors (Lipinski definition) is 2. The fraction of sp³-hybridized carbons (Fsp3) is 0.357. The number of carbonyl (C=O) groups is 1. The van der Waals surface area contributed by atoms with E-state index in [1.54, 1.807) is 10.8 Å². The Bertz CT molecular complexity index is 528. The maximum absolute atomic E-state index is 11.8. The van der Waals surface area contributed by atoms with Gasteiger partial charge in [-0.3, -0.25) is 4.57 Å². The predicted octanol–water partition coefficient (Wildman–Crippen LogP) is 3.73. The number of ether oxygens (including phenoxy) is 1. The number of aryl methyl sites for hydroxylation is 1. The Morgan fingerprint density at radius 2 is 2.18 bits per heavy atom. The fourth-order valence-corrected chi connectivity index (χ4v) is 1.77. The van der Waals surface area contributed by atoms with Crippen molar-refractivity contribution in [2.45, 2.75) is 26.7 Å². The van der Waals surface area contributed by atoms with Gasteiger partial charge in [-0.05, 0) is 31.0 Å². The highest BCUT2D eigenvalue weighted by atomic mass is 16.5. The summed E-state index contributed by atoms with van der Waals surface area (Å²) in [5.41, 5.74) is 2.05. The molecule has 0 radical (unpaired) electrons. The summed E-state index contributed by atoms with van der Waals surface area (Å²) < 4.78 is 6.77. The zero-order valence-electron chi connectivity index (χ0n) is 10.3. The summed E-state index contributed by atoms with van der Waals surface area (Å²) in [4.78, 5) is 11.8. The first-order chi connectivity index (χ1) is 8.22. The molecule has 0 unspecified atom stereocenters. The van der Waals surface area contributed by atoms with Crippen molar-refractivity contribution in [2.75, 3.05) is 6.61 Å². The van der Waals surface area contributed by atoms with Gasteiger partial charge in [-0.2, -0.15) is 0 Å². The number of fused-ring (bicyclic) bond motifs is 1. The second kappa shape index (κ2) is 5.04. The van der Waals surface area contributed by atoms with Gasteiger partial charge in [-0.15, -0.1) is 0 Å². The van der Waals surface area contributed by atoms with E-state index >= 15 is 0 Å².